The van der Waals surface area contributed by atoms with E-state index in [9.17, 15) is 19.6 Å². The maximum atomic E-state index is 13.2. The maximum Gasteiger partial charge on any atom is 0.223 e. The predicted molar refractivity (Wildman–Crippen MR) is 130 cm³/mol. The minimum absolute atomic E-state index is 0.139. The van der Waals surface area contributed by atoms with Gasteiger partial charge < -0.3 is 15.7 Å². The number of rotatable bonds is 7. The first-order chi connectivity index (χ1) is 17.7. The summed E-state index contributed by atoms with van der Waals surface area (Å²) in [5.74, 6) is 0.340. The van der Waals surface area contributed by atoms with Crippen molar-refractivity contribution in [2.24, 2.45) is 5.92 Å². The molecular formula is C25H24FN9O2. The number of nitrogens with zero attached hydrogens (tertiary/aromatic N) is 6. The van der Waals surface area contributed by atoms with Crippen LogP contribution < -0.4 is 10.6 Å². The van der Waals surface area contributed by atoms with Crippen LogP contribution in [-0.4, -0.2) is 41.0 Å². The number of nitriles is 1. The van der Waals surface area contributed by atoms with Crippen LogP contribution in [0.5, 0.6) is 0 Å². The van der Waals surface area contributed by atoms with E-state index >= 15 is 0 Å². The van der Waals surface area contributed by atoms with Gasteiger partial charge in [-0.1, -0.05) is 6.07 Å². The first-order valence-corrected chi connectivity index (χ1v) is 11.6. The Balaban J connectivity index is 1.23. The Morgan fingerprint density at radius 2 is 2.11 bits per heavy atom. The van der Waals surface area contributed by atoms with Crippen molar-refractivity contribution < 1.29 is 14.3 Å². The van der Waals surface area contributed by atoms with E-state index < -0.39 is 17.3 Å². The van der Waals surface area contributed by atoms with Gasteiger partial charge >= 0.3 is 0 Å². The molecule has 1 aliphatic rings. The Morgan fingerprint density at radius 1 is 1.30 bits per heavy atom. The van der Waals surface area contributed by atoms with E-state index in [-0.39, 0.29) is 36.0 Å². The van der Waals surface area contributed by atoms with E-state index in [2.05, 4.69) is 42.0 Å². The van der Waals surface area contributed by atoms with Crippen molar-refractivity contribution in [3.8, 4) is 11.9 Å². The fourth-order valence-corrected chi connectivity index (χ4v) is 4.35. The van der Waals surface area contributed by atoms with E-state index in [1.807, 2.05) is 13.8 Å². The lowest BCUT2D eigenvalue weighted by Crippen LogP contribution is -2.49. The lowest BCUT2D eigenvalue weighted by atomic mass is 9.67. The second kappa shape index (κ2) is 9.44. The van der Waals surface area contributed by atoms with Gasteiger partial charge in [0.05, 0.1) is 29.7 Å². The fourth-order valence-electron chi connectivity index (χ4n) is 4.35. The molecule has 1 amide bonds. The van der Waals surface area contributed by atoms with Crippen molar-refractivity contribution in [3.63, 3.8) is 0 Å². The lowest BCUT2D eigenvalue weighted by Gasteiger charge is -2.42. The molecular weight excluding hydrogens is 477 g/mol. The smallest absolute Gasteiger partial charge is 0.223 e. The molecule has 0 saturated heterocycles. The third-order valence-corrected chi connectivity index (χ3v) is 6.37. The average Bonchev–Trinajstić information content (AvgIpc) is 3.49. The zero-order valence-electron chi connectivity index (χ0n) is 20.1. The number of aromatic amines is 1. The molecule has 0 spiro atoms. The Kier molecular flexibility index (Phi) is 6.14. The van der Waals surface area contributed by atoms with Gasteiger partial charge in [-0.05, 0) is 50.5 Å². The molecule has 1 saturated carbocycles. The molecule has 5 rings (SSSR count). The minimum atomic E-state index is -1.39. The van der Waals surface area contributed by atoms with Crippen LogP contribution in [0, 0.1) is 30.0 Å². The van der Waals surface area contributed by atoms with Crippen LogP contribution in [0.1, 0.15) is 48.3 Å². The molecule has 1 atom stereocenters. The number of hydrogen-bond acceptors (Lipinski definition) is 8. The summed E-state index contributed by atoms with van der Waals surface area (Å²) in [6, 6.07) is 10.2. The first kappa shape index (κ1) is 24.1. The number of aliphatic hydroxyl groups is 1. The molecule has 188 valence electrons. The highest BCUT2D eigenvalue weighted by atomic mass is 19.1. The van der Waals surface area contributed by atoms with Crippen molar-refractivity contribution >= 4 is 17.5 Å². The summed E-state index contributed by atoms with van der Waals surface area (Å²) >= 11 is 0. The highest BCUT2D eigenvalue weighted by Gasteiger charge is 2.49. The van der Waals surface area contributed by atoms with Gasteiger partial charge in [0.25, 0.3) is 0 Å². The summed E-state index contributed by atoms with van der Waals surface area (Å²) in [5.41, 5.74) is 0.732. The van der Waals surface area contributed by atoms with Gasteiger partial charge in [-0.15, -0.1) is 0 Å². The summed E-state index contributed by atoms with van der Waals surface area (Å²) in [7, 11) is 0. The topological polar surface area (TPSA) is 157 Å². The highest BCUT2D eigenvalue weighted by Crippen LogP contribution is 2.46. The Bertz CT molecular complexity index is 1480. The molecule has 11 nitrogen and oxygen atoms in total. The number of amides is 1. The number of carbonyl (C=O) groups is 1. The molecule has 4 aromatic rings. The van der Waals surface area contributed by atoms with E-state index in [1.165, 1.54) is 10.9 Å². The Morgan fingerprint density at radius 3 is 2.73 bits per heavy atom. The summed E-state index contributed by atoms with van der Waals surface area (Å²) in [5, 5.41) is 37.6. The summed E-state index contributed by atoms with van der Waals surface area (Å²) < 4.78 is 14.5. The standard InChI is InChI=1S/C25H24FN9O2/c1-14-7-21(34-33-14)31-20-5-3-16(10-27)23(32-20)25(37)8-18(9-25)24(36)30-15(2)17-4-6-22(28-11-17)35-13-19(26)12-29-35/h3-7,11-13,15,18,37H,8-9H2,1-2H3,(H,30,36)(H2,31,32,33,34)/t15-,18-,25+/m0/s1. The maximum absolute atomic E-state index is 13.2. The van der Waals surface area contributed by atoms with E-state index in [0.29, 0.717) is 17.5 Å². The molecule has 0 aliphatic heterocycles. The SMILES string of the molecule is Cc1cc(Nc2ccc(C#N)c([C@]3(O)C[C@@H](C(=O)N[C@@H](C)c4ccc(-n5cc(F)cn5)nc4)C3)n2)n[nH]1. The summed E-state index contributed by atoms with van der Waals surface area (Å²) in [6.45, 7) is 3.70. The average molecular weight is 502 g/mol. The fraction of sp³-hybridized carbons (Fsp3) is 0.280. The van der Waals surface area contributed by atoms with Crippen LogP contribution in [0.2, 0.25) is 0 Å². The molecule has 0 unspecified atom stereocenters. The van der Waals surface area contributed by atoms with Gasteiger partial charge in [0, 0.05) is 23.9 Å². The first-order valence-electron chi connectivity index (χ1n) is 11.6. The quantitative estimate of drug-likeness (QED) is 0.301. The minimum Gasteiger partial charge on any atom is -0.383 e. The molecule has 4 aromatic heterocycles. The van der Waals surface area contributed by atoms with Crippen molar-refractivity contribution in [1.29, 1.82) is 5.26 Å². The number of aryl methyl sites for hydroxylation is 1. The van der Waals surface area contributed by atoms with Crippen molar-refractivity contribution in [3.05, 3.63) is 77.3 Å². The third-order valence-electron chi connectivity index (χ3n) is 6.37. The van der Waals surface area contributed by atoms with Gasteiger partial charge in [-0.25, -0.2) is 19.0 Å². The van der Waals surface area contributed by atoms with Crippen LogP contribution in [-0.2, 0) is 10.4 Å². The molecule has 4 heterocycles. The molecule has 0 aromatic carbocycles. The second-order valence-corrected chi connectivity index (χ2v) is 9.19. The van der Waals surface area contributed by atoms with Gasteiger partial charge in [0.1, 0.15) is 17.5 Å². The van der Waals surface area contributed by atoms with E-state index in [4.69, 9.17) is 0 Å². The molecule has 0 radical (unpaired) electrons. The Labute approximate surface area is 211 Å². The number of hydrogen-bond donors (Lipinski definition) is 4. The number of aromatic nitrogens is 6. The van der Waals surface area contributed by atoms with Crippen molar-refractivity contribution in [2.45, 2.75) is 38.3 Å². The molecule has 0 bridgehead atoms. The molecule has 12 heteroatoms. The van der Waals surface area contributed by atoms with Crippen LogP contribution in [0.25, 0.3) is 5.82 Å². The predicted octanol–water partition coefficient (Wildman–Crippen LogP) is 2.92. The number of anilines is 2. The highest BCUT2D eigenvalue weighted by molar-refractivity contribution is 5.80. The monoisotopic (exact) mass is 501 g/mol. The number of pyridine rings is 2. The zero-order valence-corrected chi connectivity index (χ0v) is 20.1. The van der Waals surface area contributed by atoms with E-state index in [0.717, 1.165) is 17.5 Å². The number of carbonyl (C=O) groups excluding carboxylic acids is 1. The second-order valence-electron chi connectivity index (χ2n) is 9.19. The number of nitrogens with one attached hydrogen (secondary N) is 3. The third kappa shape index (κ3) is 4.89. The van der Waals surface area contributed by atoms with Gasteiger partial charge in [0.2, 0.25) is 5.91 Å². The van der Waals surface area contributed by atoms with Crippen LogP contribution in [0.4, 0.5) is 16.0 Å². The van der Waals surface area contributed by atoms with E-state index in [1.54, 1.807) is 36.5 Å². The molecule has 1 aliphatic carbocycles. The van der Waals surface area contributed by atoms with Crippen LogP contribution >= 0.6 is 0 Å². The van der Waals surface area contributed by atoms with Gasteiger partial charge in [-0.3, -0.25) is 9.89 Å². The number of halogens is 1. The molecule has 37 heavy (non-hydrogen) atoms. The summed E-state index contributed by atoms with van der Waals surface area (Å²) in [6.07, 6.45) is 4.20. The molecule has 4 N–H and O–H groups in total. The van der Waals surface area contributed by atoms with Gasteiger partial charge in [0.15, 0.2) is 17.5 Å². The number of H-pyrrole nitrogens is 1. The van der Waals surface area contributed by atoms with Crippen LogP contribution in [0.15, 0.2) is 48.9 Å². The Hall–Kier alpha value is -4.63. The zero-order chi connectivity index (χ0) is 26.2. The summed E-state index contributed by atoms with van der Waals surface area (Å²) in [4.78, 5) is 21.6. The van der Waals surface area contributed by atoms with Crippen LogP contribution in [0.3, 0.4) is 0 Å². The molecule has 1 fully saturated rings. The van der Waals surface area contributed by atoms with Crippen molar-refractivity contribution in [2.75, 3.05) is 5.32 Å². The van der Waals surface area contributed by atoms with Crippen molar-refractivity contribution in [1.82, 2.24) is 35.3 Å². The normalized spacial score (nSPS) is 19.5. The van der Waals surface area contributed by atoms with Gasteiger partial charge in [-0.2, -0.15) is 15.5 Å². The lowest BCUT2D eigenvalue weighted by molar-refractivity contribution is -0.144. The largest absolute Gasteiger partial charge is 0.383 e.